The molecular weight excluding hydrogens is 449 g/mol. The van der Waals surface area contributed by atoms with Crippen molar-refractivity contribution in [3.8, 4) is 5.75 Å². The van der Waals surface area contributed by atoms with Crippen LogP contribution in [-0.2, 0) is 42.4 Å². The smallest absolute Gasteiger partial charge is 0.492 e. The standard InChI is InChI=1S/C24H32N4O5.Mg/c1-5-8-18-21-22(27(4)26-18)23(29)28(20(6-2)25-21)13-14-33-17-11-9-16(10-12-17)15-19(24(30)31)32-7-3;/h9-12,19H,5-8,13-15H2,1-4H3,(H,30,31);/q;+2. The van der Waals surface area contributed by atoms with Gasteiger partial charge in [0.1, 0.15) is 23.7 Å². The molecule has 2 aromatic heterocycles. The van der Waals surface area contributed by atoms with E-state index in [1.807, 2.05) is 19.1 Å². The molecule has 1 unspecified atom stereocenters. The van der Waals surface area contributed by atoms with E-state index in [-0.39, 0.29) is 35.0 Å². The first-order valence-electron chi connectivity index (χ1n) is 11.4. The van der Waals surface area contributed by atoms with Crippen molar-refractivity contribution in [2.45, 2.75) is 59.1 Å². The number of carboxylic acid groups (broad SMARTS) is 1. The molecule has 3 rings (SSSR count). The molecule has 178 valence electrons. The normalized spacial score (nSPS) is 11.9. The molecule has 2 heterocycles. The molecule has 1 aromatic carbocycles. The van der Waals surface area contributed by atoms with Crippen LogP contribution in [0.3, 0.4) is 0 Å². The van der Waals surface area contributed by atoms with Gasteiger partial charge in [0.05, 0.1) is 12.2 Å². The second kappa shape index (κ2) is 12.9. The number of carbonyl (C=O) groups is 1. The molecule has 0 spiro atoms. The molecule has 0 bridgehead atoms. The van der Waals surface area contributed by atoms with Gasteiger partial charge in [0.2, 0.25) is 0 Å². The molecule has 1 N–H and O–H groups in total. The maximum Gasteiger partial charge on any atom is 2.00 e. The molecule has 0 radical (unpaired) electrons. The van der Waals surface area contributed by atoms with Gasteiger partial charge in [0.15, 0.2) is 11.6 Å². The summed E-state index contributed by atoms with van der Waals surface area (Å²) in [4.78, 5) is 29.2. The Kier molecular flexibility index (Phi) is 10.5. The number of hydrogen-bond donors (Lipinski definition) is 1. The van der Waals surface area contributed by atoms with E-state index in [4.69, 9.17) is 14.5 Å². The van der Waals surface area contributed by atoms with Crippen molar-refractivity contribution in [1.82, 2.24) is 19.3 Å². The zero-order valence-electron chi connectivity index (χ0n) is 20.4. The number of rotatable bonds is 12. The van der Waals surface area contributed by atoms with Gasteiger partial charge in [0, 0.05) is 26.5 Å². The summed E-state index contributed by atoms with van der Waals surface area (Å²) in [6.07, 6.45) is 1.77. The van der Waals surface area contributed by atoms with Crippen LogP contribution in [0.1, 0.15) is 44.3 Å². The average molecular weight is 481 g/mol. The molecule has 3 aromatic rings. The summed E-state index contributed by atoms with van der Waals surface area (Å²) in [5, 5.41) is 13.7. The zero-order chi connectivity index (χ0) is 24.0. The second-order valence-electron chi connectivity index (χ2n) is 7.83. The van der Waals surface area contributed by atoms with Gasteiger partial charge in [0.25, 0.3) is 5.56 Å². The summed E-state index contributed by atoms with van der Waals surface area (Å²) in [6, 6.07) is 7.24. The predicted octanol–water partition coefficient (Wildman–Crippen LogP) is 2.38. The second-order valence-corrected chi connectivity index (χ2v) is 7.83. The first kappa shape index (κ1) is 27.8. The summed E-state index contributed by atoms with van der Waals surface area (Å²) < 4.78 is 14.4. The third-order valence-electron chi connectivity index (χ3n) is 5.47. The van der Waals surface area contributed by atoms with Crippen LogP contribution in [0.2, 0.25) is 0 Å². The average Bonchev–Trinajstić information content (AvgIpc) is 3.11. The molecular formula is C24H32MgN4O5+2. The van der Waals surface area contributed by atoms with Crippen molar-refractivity contribution in [2.24, 2.45) is 7.05 Å². The first-order chi connectivity index (χ1) is 15.9. The molecule has 10 heteroatoms. The van der Waals surface area contributed by atoms with Crippen LogP contribution in [0.25, 0.3) is 11.0 Å². The van der Waals surface area contributed by atoms with Gasteiger partial charge in [-0.15, -0.1) is 0 Å². The SMILES string of the molecule is CCCc1nn(C)c2c(=O)n(CCOc3ccc(CC(OCC)C(=O)O)cc3)c(CC)nc12.[Mg+2]. The Labute approximate surface area is 215 Å². The Hall–Kier alpha value is -2.43. The Bertz CT molecular complexity index is 1160. The first-order valence-corrected chi connectivity index (χ1v) is 11.4. The summed E-state index contributed by atoms with van der Waals surface area (Å²) in [5.74, 6) is 0.385. The molecule has 0 saturated carbocycles. The van der Waals surface area contributed by atoms with Gasteiger partial charge in [-0.05, 0) is 31.0 Å². The zero-order valence-corrected chi connectivity index (χ0v) is 21.8. The largest absolute Gasteiger partial charge is 2.00 e. The number of benzene rings is 1. The van der Waals surface area contributed by atoms with Crippen molar-refractivity contribution in [2.75, 3.05) is 13.2 Å². The monoisotopic (exact) mass is 480 g/mol. The fourth-order valence-corrected chi connectivity index (χ4v) is 3.88. The Morgan fingerprint density at radius 1 is 1.18 bits per heavy atom. The van der Waals surface area contributed by atoms with Crippen LogP contribution in [-0.4, -0.2) is 72.8 Å². The Balaban J connectivity index is 0.00000408. The van der Waals surface area contributed by atoms with Crippen LogP contribution in [0.15, 0.2) is 29.1 Å². The molecule has 0 aliphatic heterocycles. The Morgan fingerprint density at radius 3 is 2.47 bits per heavy atom. The molecule has 9 nitrogen and oxygen atoms in total. The minimum atomic E-state index is -0.977. The van der Waals surface area contributed by atoms with Crippen LogP contribution < -0.4 is 10.3 Å². The summed E-state index contributed by atoms with van der Waals surface area (Å²) >= 11 is 0. The number of aryl methyl sites for hydroxylation is 3. The van der Waals surface area contributed by atoms with Crippen LogP contribution in [0.4, 0.5) is 0 Å². The van der Waals surface area contributed by atoms with E-state index in [0.29, 0.717) is 48.8 Å². The number of carboxylic acids is 1. The maximum atomic E-state index is 13.2. The van der Waals surface area contributed by atoms with Gasteiger partial charge >= 0.3 is 29.0 Å². The van der Waals surface area contributed by atoms with Crippen LogP contribution >= 0.6 is 0 Å². The number of aliphatic carboxylic acids is 1. The molecule has 0 saturated heterocycles. The Morgan fingerprint density at radius 2 is 1.88 bits per heavy atom. The quantitative estimate of drug-likeness (QED) is 0.396. The van der Waals surface area contributed by atoms with Gasteiger partial charge in [-0.2, -0.15) is 5.10 Å². The number of aromatic nitrogens is 4. The molecule has 34 heavy (non-hydrogen) atoms. The molecule has 1 atom stereocenters. The molecule has 0 amide bonds. The minimum absolute atomic E-state index is 0. The van der Waals surface area contributed by atoms with Gasteiger partial charge in [-0.3, -0.25) is 14.0 Å². The molecule has 0 fully saturated rings. The number of ether oxygens (including phenoxy) is 2. The summed E-state index contributed by atoms with van der Waals surface area (Å²) in [7, 11) is 1.78. The van der Waals surface area contributed by atoms with E-state index in [9.17, 15) is 14.7 Å². The predicted molar refractivity (Wildman–Crippen MR) is 131 cm³/mol. The fraction of sp³-hybridized carbons (Fsp3) is 0.500. The van der Waals surface area contributed by atoms with Crippen molar-refractivity contribution in [3.05, 3.63) is 51.7 Å². The maximum absolute atomic E-state index is 13.2. The topological polar surface area (TPSA) is 108 Å². The fourth-order valence-electron chi connectivity index (χ4n) is 3.88. The van der Waals surface area contributed by atoms with Crippen molar-refractivity contribution >= 4 is 40.1 Å². The van der Waals surface area contributed by atoms with Crippen LogP contribution in [0, 0.1) is 0 Å². The van der Waals surface area contributed by atoms with Gasteiger partial charge in [-0.25, -0.2) is 9.78 Å². The van der Waals surface area contributed by atoms with Crippen molar-refractivity contribution in [1.29, 1.82) is 0 Å². The third kappa shape index (κ3) is 6.37. The van der Waals surface area contributed by atoms with E-state index < -0.39 is 12.1 Å². The molecule has 0 aliphatic carbocycles. The van der Waals surface area contributed by atoms with Crippen LogP contribution in [0.5, 0.6) is 5.75 Å². The summed E-state index contributed by atoms with van der Waals surface area (Å²) in [5.41, 5.74) is 2.81. The minimum Gasteiger partial charge on any atom is -0.492 e. The van der Waals surface area contributed by atoms with Crippen molar-refractivity contribution < 1.29 is 19.4 Å². The van der Waals surface area contributed by atoms with Gasteiger partial charge in [-0.1, -0.05) is 32.4 Å². The van der Waals surface area contributed by atoms with E-state index >= 15 is 0 Å². The number of hydrogen-bond acceptors (Lipinski definition) is 6. The van der Waals surface area contributed by atoms with E-state index in [2.05, 4.69) is 12.0 Å². The van der Waals surface area contributed by atoms with E-state index in [1.54, 1.807) is 35.4 Å². The van der Waals surface area contributed by atoms with Crippen molar-refractivity contribution in [3.63, 3.8) is 0 Å². The van der Waals surface area contributed by atoms with E-state index in [0.717, 1.165) is 24.1 Å². The van der Waals surface area contributed by atoms with Gasteiger partial charge < -0.3 is 14.6 Å². The third-order valence-corrected chi connectivity index (χ3v) is 5.47. The van der Waals surface area contributed by atoms with E-state index in [1.165, 1.54) is 0 Å². The summed E-state index contributed by atoms with van der Waals surface area (Å²) in [6.45, 7) is 6.84. The molecule has 0 aliphatic rings. The number of fused-ring (bicyclic) bond motifs is 1. The number of nitrogens with zero attached hydrogens (tertiary/aromatic N) is 4.